The molecule has 0 spiro atoms. The van der Waals surface area contributed by atoms with Gasteiger partial charge in [-0.05, 0) is 17.0 Å². The summed E-state index contributed by atoms with van der Waals surface area (Å²) in [5, 5.41) is 8.90. The fourth-order valence-electron chi connectivity index (χ4n) is 2.75. The molecule has 5 heteroatoms. The molecule has 0 fully saturated rings. The maximum Gasteiger partial charge on any atom is 0.239 e. The Morgan fingerprint density at radius 2 is 1.41 bits per heavy atom. The molecule has 5 nitrogen and oxygen atoms in total. The van der Waals surface area contributed by atoms with E-state index >= 15 is 0 Å². The first-order valence-corrected chi connectivity index (χ1v) is 9.45. The standard InChI is InChI=1S/C22H29N3O2/c1-3-17(2)21(24-15-19-12-8-5-9-13-19)22(27)25-16-20(26)23-14-18-10-6-4-7-11-18/h4-13,17,21,24H,3,14-16H2,1-2H3,(H,23,26)(H,25,27)/t17-,21-/m0/s1. The summed E-state index contributed by atoms with van der Waals surface area (Å²) in [5.74, 6) is -0.172. The van der Waals surface area contributed by atoms with Crippen molar-refractivity contribution >= 4 is 11.8 Å². The van der Waals surface area contributed by atoms with Crippen molar-refractivity contribution in [3.8, 4) is 0 Å². The van der Waals surface area contributed by atoms with Gasteiger partial charge in [0.05, 0.1) is 12.6 Å². The molecule has 0 heterocycles. The molecule has 0 radical (unpaired) electrons. The van der Waals surface area contributed by atoms with E-state index in [2.05, 4.69) is 22.9 Å². The number of benzene rings is 2. The molecule has 2 aromatic carbocycles. The van der Waals surface area contributed by atoms with E-state index in [-0.39, 0.29) is 30.3 Å². The minimum Gasteiger partial charge on any atom is -0.350 e. The van der Waals surface area contributed by atoms with Gasteiger partial charge in [-0.3, -0.25) is 9.59 Å². The molecule has 3 N–H and O–H groups in total. The monoisotopic (exact) mass is 367 g/mol. The third kappa shape index (κ3) is 7.23. The number of hydrogen-bond donors (Lipinski definition) is 3. The first kappa shape index (κ1) is 20.6. The zero-order valence-corrected chi connectivity index (χ0v) is 16.1. The Hall–Kier alpha value is -2.66. The average molecular weight is 367 g/mol. The van der Waals surface area contributed by atoms with E-state index in [4.69, 9.17) is 0 Å². The molecule has 0 unspecified atom stereocenters. The molecule has 2 amide bonds. The molecule has 0 saturated heterocycles. The Labute approximate surface area is 161 Å². The summed E-state index contributed by atoms with van der Waals surface area (Å²) in [6.07, 6.45) is 0.875. The third-order valence-corrected chi connectivity index (χ3v) is 4.62. The summed E-state index contributed by atoms with van der Waals surface area (Å²) in [7, 11) is 0. The predicted molar refractivity (Wildman–Crippen MR) is 108 cm³/mol. The van der Waals surface area contributed by atoms with Crippen LogP contribution in [-0.2, 0) is 22.7 Å². The smallest absolute Gasteiger partial charge is 0.239 e. The highest BCUT2D eigenvalue weighted by atomic mass is 16.2. The van der Waals surface area contributed by atoms with Crippen molar-refractivity contribution in [1.29, 1.82) is 0 Å². The van der Waals surface area contributed by atoms with Crippen LogP contribution in [-0.4, -0.2) is 24.4 Å². The van der Waals surface area contributed by atoms with Crippen LogP contribution >= 0.6 is 0 Å². The third-order valence-electron chi connectivity index (χ3n) is 4.62. The molecular weight excluding hydrogens is 338 g/mol. The Bertz CT molecular complexity index is 704. The first-order chi connectivity index (χ1) is 13.1. The van der Waals surface area contributed by atoms with E-state index in [1.165, 1.54) is 0 Å². The van der Waals surface area contributed by atoms with Crippen LogP contribution in [0.25, 0.3) is 0 Å². The van der Waals surface area contributed by atoms with Crippen LogP contribution in [0.2, 0.25) is 0 Å². The van der Waals surface area contributed by atoms with E-state index in [0.29, 0.717) is 13.1 Å². The highest BCUT2D eigenvalue weighted by Crippen LogP contribution is 2.09. The van der Waals surface area contributed by atoms with Crippen LogP contribution in [0.4, 0.5) is 0 Å². The van der Waals surface area contributed by atoms with Crippen molar-refractivity contribution in [1.82, 2.24) is 16.0 Å². The second kappa shape index (κ2) is 11.1. The van der Waals surface area contributed by atoms with Crippen LogP contribution < -0.4 is 16.0 Å². The molecule has 0 bridgehead atoms. The highest BCUT2D eigenvalue weighted by molar-refractivity contribution is 5.87. The maximum absolute atomic E-state index is 12.6. The molecule has 0 aromatic heterocycles. The second-order valence-electron chi connectivity index (χ2n) is 6.71. The summed E-state index contributed by atoms with van der Waals surface area (Å²) in [4.78, 5) is 24.6. The van der Waals surface area contributed by atoms with Crippen molar-refractivity contribution in [2.45, 2.75) is 39.4 Å². The average Bonchev–Trinajstić information content (AvgIpc) is 2.72. The summed E-state index contributed by atoms with van der Waals surface area (Å²) >= 11 is 0. The molecule has 2 aromatic rings. The van der Waals surface area contributed by atoms with Crippen molar-refractivity contribution in [3.05, 3.63) is 71.8 Å². The number of hydrogen-bond acceptors (Lipinski definition) is 3. The van der Waals surface area contributed by atoms with E-state index in [1.807, 2.05) is 67.6 Å². The number of carbonyl (C=O) groups excluding carboxylic acids is 2. The molecular formula is C22H29N3O2. The van der Waals surface area contributed by atoms with Crippen molar-refractivity contribution in [2.75, 3.05) is 6.54 Å². The quantitative estimate of drug-likeness (QED) is 0.605. The van der Waals surface area contributed by atoms with Gasteiger partial charge in [0, 0.05) is 13.1 Å². The van der Waals surface area contributed by atoms with Crippen molar-refractivity contribution in [3.63, 3.8) is 0 Å². The lowest BCUT2D eigenvalue weighted by atomic mass is 9.98. The number of amides is 2. The van der Waals surface area contributed by atoms with Crippen molar-refractivity contribution in [2.24, 2.45) is 5.92 Å². The van der Waals surface area contributed by atoms with E-state index < -0.39 is 0 Å². The van der Waals surface area contributed by atoms with Crippen LogP contribution in [0.15, 0.2) is 60.7 Å². The van der Waals surface area contributed by atoms with Crippen LogP contribution in [0.5, 0.6) is 0 Å². The van der Waals surface area contributed by atoms with E-state index in [0.717, 1.165) is 17.5 Å². The summed E-state index contributed by atoms with van der Waals surface area (Å²) in [6, 6.07) is 19.3. The van der Waals surface area contributed by atoms with Gasteiger partial charge < -0.3 is 16.0 Å². The van der Waals surface area contributed by atoms with Gasteiger partial charge in [-0.25, -0.2) is 0 Å². The molecule has 0 aliphatic rings. The summed E-state index contributed by atoms with van der Waals surface area (Å²) < 4.78 is 0. The number of carbonyl (C=O) groups is 2. The lowest BCUT2D eigenvalue weighted by Crippen LogP contribution is -2.49. The minimum atomic E-state index is -0.336. The van der Waals surface area contributed by atoms with Crippen LogP contribution in [0, 0.1) is 5.92 Å². The normalized spacial score (nSPS) is 12.8. The van der Waals surface area contributed by atoms with Gasteiger partial charge in [0.1, 0.15) is 0 Å². The topological polar surface area (TPSA) is 70.2 Å². The Balaban J connectivity index is 1.81. The molecule has 0 saturated carbocycles. The van der Waals surface area contributed by atoms with E-state index in [1.54, 1.807) is 0 Å². The van der Waals surface area contributed by atoms with Gasteiger partial charge in [0.15, 0.2) is 0 Å². The zero-order valence-electron chi connectivity index (χ0n) is 16.1. The first-order valence-electron chi connectivity index (χ1n) is 9.45. The zero-order chi connectivity index (χ0) is 19.5. The van der Waals surface area contributed by atoms with Gasteiger partial charge in [-0.2, -0.15) is 0 Å². The van der Waals surface area contributed by atoms with Gasteiger partial charge >= 0.3 is 0 Å². The SMILES string of the molecule is CC[C@H](C)[C@H](NCc1ccccc1)C(=O)NCC(=O)NCc1ccccc1. The molecule has 0 aliphatic carbocycles. The lowest BCUT2D eigenvalue weighted by molar-refractivity contribution is -0.128. The maximum atomic E-state index is 12.6. The Morgan fingerprint density at radius 3 is 1.96 bits per heavy atom. The lowest BCUT2D eigenvalue weighted by Gasteiger charge is -2.23. The molecule has 27 heavy (non-hydrogen) atoms. The Morgan fingerprint density at radius 1 is 0.852 bits per heavy atom. The second-order valence-corrected chi connectivity index (χ2v) is 6.71. The largest absolute Gasteiger partial charge is 0.350 e. The highest BCUT2D eigenvalue weighted by Gasteiger charge is 2.23. The molecule has 0 aliphatic heterocycles. The van der Waals surface area contributed by atoms with Gasteiger partial charge in [-0.1, -0.05) is 80.9 Å². The summed E-state index contributed by atoms with van der Waals surface area (Å²) in [6.45, 7) is 5.14. The van der Waals surface area contributed by atoms with Crippen LogP contribution in [0.1, 0.15) is 31.4 Å². The van der Waals surface area contributed by atoms with Crippen molar-refractivity contribution < 1.29 is 9.59 Å². The fourth-order valence-corrected chi connectivity index (χ4v) is 2.75. The molecule has 2 rings (SSSR count). The molecule has 144 valence electrons. The van der Waals surface area contributed by atoms with Gasteiger partial charge in [0.2, 0.25) is 11.8 Å². The van der Waals surface area contributed by atoms with Crippen LogP contribution in [0.3, 0.4) is 0 Å². The van der Waals surface area contributed by atoms with E-state index in [9.17, 15) is 9.59 Å². The van der Waals surface area contributed by atoms with Gasteiger partial charge in [-0.15, -0.1) is 0 Å². The fraction of sp³-hybridized carbons (Fsp3) is 0.364. The predicted octanol–water partition coefficient (Wildman–Crippen LogP) is 2.62. The number of rotatable bonds is 10. The van der Waals surface area contributed by atoms with Gasteiger partial charge in [0.25, 0.3) is 0 Å². The summed E-state index contributed by atoms with van der Waals surface area (Å²) in [5.41, 5.74) is 2.15. The molecule has 2 atom stereocenters. The Kier molecular flexibility index (Phi) is 8.52. The minimum absolute atomic E-state index is 0.0222. The number of nitrogens with one attached hydrogen (secondary N) is 3.